The number of hydrogen-bond acceptors (Lipinski definition) is 3. The van der Waals surface area contributed by atoms with Crippen LogP contribution in [0.25, 0.3) is 0 Å². The number of carbonyl (C=O) groups is 1. The molecule has 6 nitrogen and oxygen atoms in total. The monoisotopic (exact) mass is 522 g/mol. The third-order valence-corrected chi connectivity index (χ3v) is 6.32. The summed E-state index contributed by atoms with van der Waals surface area (Å²) < 4.78 is 6.17. The summed E-state index contributed by atoms with van der Waals surface area (Å²) in [6, 6.07) is 0.364. The van der Waals surface area contributed by atoms with Gasteiger partial charge in [-0.1, -0.05) is 46.0 Å². The van der Waals surface area contributed by atoms with Gasteiger partial charge in [-0.25, -0.2) is 4.99 Å². The molecule has 0 aromatic carbocycles. The van der Waals surface area contributed by atoms with Crippen molar-refractivity contribution in [1.29, 1.82) is 0 Å². The molecule has 1 aliphatic heterocycles. The number of guanidine groups is 1. The number of ether oxygens (including phenoxy) is 1. The number of nitrogens with one attached hydrogen (secondary N) is 2. The van der Waals surface area contributed by atoms with E-state index in [1.807, 2.05) is 0 Å². The van der Waals surface area contributed by atoms with Crippen molar-refractivity contribution in [1.82, 2.24) is 15.5 Å². The van der Waals surface area contributed by atoms with Gasteiger partial charge in [-0.05, 0) is 38.0 Å². The number of unbranched alkanes of at least 4 members (excludes halogenated alkanes) is 1. The number of likely N-dealkylation sites (N-methyl/N-ethyl adjacent to an activating group) is 1. The predicted octanol–water partition coefficient (Wildman–Crippen LogP) is 3.94. The highest BCUT2D eigenvalue weighted by Gasteiger charge is 2.40. The highest BCUT2D eigenvalue weighted by molar-refractivity contribution is 14.0. The molecule has 0 aromatic heterocycles. The lowest BCUT2D eigenvalue weighted by Gasteiger charge is -2.39. The number of carbonyl (C=O) groups excluding carboxylic acids is 1. The Balaban J connectivity index is 0.00000420. The van der Waals surface area contributed by atoms with E-state index in [-0.39, 0.29) is 42.0 Å². The van der Waals surface area contributed by atoms with E-state index in [9.17, 15) is 4.79 Å². The molecule has 1 saturated heterocycles. The van der Waals surface area contributed by atoms with Crippen molar-refractivity contribution in [2.75, 3.05) is 33.8 Å². The lowest BCUT2D eigenvalue weighted by Crippen LogP contribution is -2.51. The Morgan fingerprint density at radius 3 is 2.62 bits per heavy atom. The van der Waals surface area contributed by atoms with Gasteiger partial charge in [0, 0.05) is 33.3 Å². The van der Waals surface area contributed by atoms with Gasteiger partial charge in [0.15, 0.2) is 5.96 Å². The second-order valence-corrected chi connectivity index (χ2v) is 8.82. The molecule has 2 unspecified atom stereocenters. The third-order valence-electron chi connectivity index (χ3n) is 6.32. The fourth-order valence-electron chi connectivity index (χ4n) is 4.34. The van der Waals surface area contributed by atoms with Crippen molar-refractivity contribution >= 4 is 35.8 Å². The van der Waals surface area contributed by atoms with Gasteiger partial charge in [0.25, 0.3) is 0 Å². The van der Waals surface area contributed by atoms with Crippen LogP contribution >= 0.6 is 24.0 Å². The number of amides is 1. The van der Waals surface area contributed by atoms with E-state index in [2.05, 4.69) is 29.5 Å². The second-order valence-electron chi connectivity index (χ2n) is 8.82. The molecule has 1 heterocycles. The molecule has 0 bridgehead atoms. The summed E-state index contributed by atoms with van der Waals surface area (Å²) in [5, 5.41) is 7.15. The molecule has 2 N–H and O–H groups in total. The minimum absolute atomic E-state index is 0. The van der Waals surface area contributed by atoms with Crippen molar-refractivity contribution in [3.63, 3.8) is 0 Å². The Morgan fingerprint density at radius 2 is 2.00 bits per heavy atom. The van der Waals surface area contributed by atoms with Gasteiger partial charge >= 0.3 is 0 Å². The lowest BCUT2D eigenvalue weighted by molar-refractivity contribution is -0.127. The zero-order valence-corrected chi connectivity index (χ0v) is 21.3. The predicted molar refractivity (Wildman–Crippen MR) is 131 cm³/mol. The van der Waals surface area contributed by atoms with Crippen LogP contribution in [0.15, 0.2) is 4.99 Å². The number of rotatable bonds is 9. The summed E-state index contributed by atoms with van der Waals surface area (Å²) in [7, 11) is 3.55. The Hall–Kier alpha value is -0.570. The first-order valence-electron chi connectivity index (χ1n) is 11.4. The maximum absolute atomic E-state index is 12.0. The van der Waals surface area contributed by atoms with Gasteiger partial charge in [0.1, 0.15) is 6.54 Å². The smallest absolute Gasteiger partial charge is 0.243 e. The van der Waals surface area contributed by atoms with Crippen molar-refractivity contribution in [2.24, 2.45) is 10.9 Å². The van der Waals surface area contributed by atoms with Crippen LogP contribution in [-0.2, 0) is 9.53 Å². The van der Waals surface area contributed by atoms with Crippen LogP contribution in [0.3, 0.4) is 0 Å². The molecule has 170 valence electrons. The molecule has 2 aliphatic rings. The minimum atomic E-state index is 0. The Morgan fingerprint density at radius 1 is 1.28 bits per heavy atom. The molecule has 7 heteroatoms. The molecular weight excluding hydrogens is 479 g/mol. The highest BCUT2D eigenvalue weighted by atomic mass is 127. The van der Waals surface area contributed by atoms with Crippen LogP contribution in [0.2, 0.25) is 0 Å². The topological polar surface area (TPSA) is 66.0 Å². The van der Waals surface area contributed by atoms with E-state index in [0.29, 0.717) is 12.0 Å². The van der Waals surface area contributed by atoms with E-state index in [1.165, 1.54) is 44.9 Å². The van der Waals surface area contributed by atoms with Crippen molar-refractivity contribution in [3.05, 3.63) is 0 Å². The zero-order chi connectivity index (χ0) is 20.4. The molecule has 1 amide bonds. The van der Waals surface area contributed by atoms with Crippen LogP contribution in [0.1, 0.15) is 78.1 Å². The normalized spacial score (nSPS) is 22.1. The van der Waals surface area contributed by atoms with Gasteiger partial charge in [-0.2, -0.15) is 0 Å². The van der Waals surface area contributed by atoms with E-state index >= 15 is 0 Å². The first-order chi connectivity index (χ1) is 13.5. The van der Waals surface area contributed by atoms with Crippen LogP contribution in [-0.4, -0.2) is 62.2 Å². The average molecular weight is 523 g/mol. The van der Waals surface area contributed by atoms with E-state index in [0.717, 1.165) is 38.4 Å². The number of nitrogens with zero attached hydrogens (tertiary/aromatic N) is 2. The Labute approximate surface area is 195 Å². The van der Waals surface area contributed by atoms with Gasteiger partial charge in [-0.3, -0.25) is 4.79 Å². The molecule has 1 saturated carbocycles. The molecule has 2 rings (SSSR count). The first kappa shape index (κ1) is 26.5. The molecule has 1 spiro atoms. The van der Waals surface area contributed by atoms with Crippen molar-refractivity contribution in [2.45, 2.75) is 89.7 Å². The van der Waals surface area contributed by atoms with E-state index < -0.39 is 0 Å². The maximum atomic E-state index is 12.0. The molecule has 2 fully saturated rings. The Kier molecular flexibility index (Phi) is 12.5. The fourth-order valence-corrected chi connectivity index (χ4v) is 4.34. The quantitative estimate of drug-likeness (QED) is 0.274. The summed E-state index contributed by atoms with van der Waals surface area (Å²) in [5.41, 5.74) is 0.0769. The summed E-state index contributed by atoms with van der Waals surface area (Å²) >= 11 is 0. The van der Waals surface area contributed by atoms with E-state index in [4.69, 9.17) is 4.74 Å². The zero-order valence-electron chi connectivity index (χ0n) is 19.0. The lowest BCUT2D eigenvalue weighted by atomic mass is 9.89. The van der Waals surface area contributed by atoms with E-state index in [1.54, 1.807) is 19.0 Å². The van der Waals surface area contributed by atoms with Gasteiger partial charge in [0.2, 0.25) is 5.91 Å². The largest absolute Gasteiger partial charge is 0.375 e. The van der Waals surface area contributed by atoms with Crippen LogP contribution in [0.4, 0.5) is 0 Å². The van der Waals surface area contributed by atoms with Crippen LogP contribution in [0, 0.1) is 5.92 Å². The number of aliphatic imine (C=N–C) groups is 1. The molecule has 1 aliphatic carbocycles. The molecule has 0 aromatic rings. The molecule has 2 atom stereocenters. The third kappa shape index (κ3) is 8.99. The highest BCUT2D eigenvalue weighted by Crippen LogP contribution is 2.39. The molecular formula is C22H43IN4O2. The van der Waals surface area contributed by atoms with Gasteiger partial charge in [0.05, 0.1) is 5.60 Å². The van der Waals surface area contributed by atoms with Gasteiger partial charge in [-0.15, -0.1) is 24.0 Å². The fraction of sp³-hybridized carbons (Fsp3) is 0.909. The minimum Gasteiger partial charge on any atom is -0.375 e. The van der Waals surface area contributed by atoms with Crippen molar-refractivity contribution < 1.29 is 9.53 Å². The van der Waals surface area contributed by atoms with Crippen molar-refractivity contribution in [3.8, 4) is 0 Å². The van der Waals surface area contributed by atoms with Crippen LogP contribution in [0.5, 0.6) is 0 Å². The molecule has 29 heavy (non-hydrogen) atoms. The summed E-state index contributed by atoms with van der Waals surface area (Å²) in [5.74, 6) is 1.45. The standard InChI is InChI=1S/C22H42N4O2.HI/c1-5-7-10-18(6-2)16-23-21(24-17-20(27)26(3)4)25-19-11-14-28-22(15-19)12-8-9-13-22;/h18-19H,5-17H2,1-4H3,(H2,23,24,25);1H. The number of halogens is 1. The molecule has 0 radical (unpaired) electrons. The van der Waals surface area contributed by atoms with Crippen LogP contribution < -0.4 is 10.6 Å². The Bertz CT molecular complexity index is 507. The summed E-state index contributed by atoms with van der Waals surface area (Å²) in [4.78, 5) is 18.2. The first-order valence-corrected chi connectivity index (χ1v) is 11.4. The maximum Gasteiger partial charge on any atom is 0.243 e. The summed E-state index contributed by atoms with van der Waals surface area (Å²) in [6.45, 7) is 6.40. The number of hydrogen-bond donors (Lipinski definition) is 2. The van der Waals surface area contributed by atoms with Gasteiger partial charge < -0.3 is 20.3 Å². The summed E-state index contributed by atoms with van der Waals surface area (Å²) in [6.07, 6.45) is 11.9. The average Bonchev–Trinajstić information content (AvgIpc) is 3.12. The SMILES string of the molecule is CCCCC(CC)CNC(=NCC(=O)N(C)C)NC1CCOC2(CCCC2)C1.I. The second kappa shape index (κ2) is 13.7.